The van der Waals surface area contributed by atoms with Crippen molar-refractivity contribution >= 4 is 31.8 Å². The lowest BCUT2D eigenvalue weighted by Gasteiger charge is -2.33. The highest BCUT2D eigenvalue weighted by molar-refractivity contribution is 8.03. The zero-order chi connectivity index (χ0) is 22.8. The summed E-state index contributed by atoms with van der Waals surface area (Å²) in [7, 11) is -4.56. The summed E-state index contributed by atoms with van der Waals surface area (Å²) >= 11 is 0. The zero-order valence-electron chi connectivity index (χ0n) is 18.2. The van der Waals surface area contributed by atoms with Crippen LogP contribution in [0.4, 0.5) is 4.79 Å². The predicted octanol–water partition coefficient (Wildman–Crippen LogP) is 3.12. The van der Waals surface area contributed by atoms with Crippen LogP contribution in [0, 0.1) is 5.92 Å². The van der Waals surface area contributed by atoms with E-state index in [1.807, 2.05) is 20.8 Å². The molecule has 0 bridgehead atoms. The molecule has 31 heavy (non-hydrogen) atoms. The van der Waals surface area contributed by atoms with E-state index in [2.05, 4.69) is 4.99 Å². The summed E-state index contributed by atoms with van der Waals surface area (Å²) in [5, 5.41) is 2.20. The molecule has 3 rings (SSSR count). The molecule has 1 unspecified atom stereocenters. The van der Waals surface area contributed by atoms with Crippen LogP contribution in [0.25, 0.3) is 0 Å². The summed E-state index contributed by atoms with van der Waals surface area (Å²) in [5.74, 6) is 0.552. The molecule has 2 aliphatic heterocycles. The van der Waals surface area contributed by atoms with E-state index in [0.717, 1.165) is 6.26 Å². The van der Waals surface area contributed by atoms with Crippen LogP contribution >= 0.6 is 0 Å². The molecule has 1 fully saturated rings. The van der Waals surface area contributed by atoms with Crippen molar-refractivity contribution in [2.45, 2.75) is 44.1 Å². The number of sulfone groups is 1. The SMILES string of the molecule is CC(C)(C)OC(=O)N1CCC(C2=NC(COc3ccc(S(C)(=O)=O)cc3)=CS2=O)CC1. The number of hydrogen-bond acceptors (Lipinski definition) is 7. The van der Waals surface area contributed by atoms with E-state index in [1.54, 1.807) is 22.4 Å². The third-order valence-corrected chi connectivity index (χ3v) is 7.29. The first kappa shape index (κ1) is 23.5. The molecule has 10 heteroatoms. The standard InChI is InChI=1S/C21H28N2O6S2/c1-21(2,3)29-20(24)23-11-9-15(10-12-23)19-22-16(14-30(19)25)13-28-17-5-7-18(8-6-17)31(4,26)27/h5-8,14-15H,9-13H2,1-4H3. The van der Waals surface area contributed by atoms with Gasteiger partial charge in [0.1, 0.15) is 23.0 Å². The number of likely N-dealkylation sites (tertiary alicyclic amines) is 1. The van der Waals surface area contributed by atoms with Crippen molar-refractivity contribution in [2.24, 2.45) is 10.9 Å². The van der Waals surface area contributed by atoms with Gasteiger partial charge in [-0.1, -0.05) is 0 Å². The van der Waals surface area contributed by atoms with Crippen LogP contribution in [0.1, 0.15) is 33.6 Å². The quantitative estimate of drug-likeness (QED) is 0.658. The summed E-state index contributed by atoms with van der Waals surface area (Å²) in [5.41, 5.74) is 0.0460. The number of nitrogens with zero attached hydrogens (tertiary/aromatic N) is 2. The monoisotopic (exact) mass is 468 g/mol. The fourth-order valence-corrected chi connectivity index (χ4v) is 5.19. The van der Waals surface area contributed by atoms with Crippen molar-refractivity contribution in [1.82, 2.24) is 4.90 Å². The lowest BCUT2D eigenvalue weighted by atomic mass is 9.98. The summed E-state index contributed by atoms with van der Waals surface area (Å²) in [6.07, 6.45) is 2.18. The van der Waals surface area contributed by atoms with Gasteiger partial charge in [0.05, 0.1) is 21.4 Å². The normalized spacial score (nSPS) is 20.3. The maximum Gasteiger partial charge on any atom is 0.410 e. The van der Waals surface area contributed by atoms with E-state index in [9.17, 15) is 17.4 Å². The number of carbonyl (C=O) groups is 1. The van der Waals surface area contributed by atoms with Crippen LogP contribution in [0.2, 0.25) is 0 Å². The second-order valence-corrected chi connectivity index (χ2v) is 11.9. The van der Waals surface area contributed by atoms with Crippen molar-refractivity contribution in [2.75, 3.05) is 26.0 Å². The van der Waals surface area contributed by atoms with E-state index in [1.165, 1.54) is 12.1 Å². The van der Waals surface area contributed by atoms with Crippen LogP contribution < -0.4 is 4.74 Å². The average Bonchev–Trinajstić information content (AvgIpc) is 3.05. The first-order valence-corrected chi connectivity index (χ1v) is 13.1. The number of benzene rings is 1. The molecule has 1 atom stereocenters. The Balaban J connectivity index is 1.53. The number of hydrogen-bond donors (Lipinski definition) is 0. The third kappa shape index (κ3) is 6.39. The van der Waals surface area contributed by atoms with Gasteiger partial charge in [0, 0.05) is 30.7 Å². The number of piperidine rings is 1. The average molecular weight is 469 g/mol. The summed E-state index contributed by atoms with van der Waals surface area (Å²) in [4.78, 5) is 18.6. The maximum absolute atomic E-state index is 12.5. The van der Waals surface area contributed by atoms with E-state index >= 15 is 0 Å². The maximum atomic E-state index is 12.5. The van der Waals surface area contributed by atoms with Crippen LogP contribution in [0.15, 0.2) is 45.3 Å². The Kier molecular flexibility index (Phi) is 6.90. The predicted molar refractivity (Wildman–Crippen MR) is 119 cm³/mol. The highest BCUT2D eigenvalue weighted by atomic mass is 32.2. The smallest absolute Gasteiger partial charge is 0.410 e. The molecule has 0 aromatic heterocycles. The van der Waals surface area contributed by atoms with Crippen LogP contribution in [0.5, 0.6) is 5.75 Å². The number of rotatable bonds is 5. The summed E-state index contributed by atoms with van der Waals surface area (Å²) in [6.45, 7) is 6.73. The molecule has 1 amide bonds. The Morgan fingerprint density at radius 2 is 1.81 bits per heavy atom. The number of carbonyl (C=O) groups excluding carboxylic acids is 1. The minimum absolute atomic E-state index is 0.0438. The molecule has 8 nitrogen and oxygen atoms in total. The van der Waals surface area contributed by atoms with Crippen molar-refractivity contribution in [3.05, 3.63) is 35.4 Å². The van der Waals surface area contributed by atoms with Gasteiger partial charge >= 0.3 is 6.09 Å². The van der Waals surface area contributed by atoms with Crippen LogP contribution in [-0.4, -0.2) is 60.2 Å². The second kappa shape index (κ2) is 9.12. The van der Waals surface area contributed by atoms with E-state index in [0.29, 0.717) is 42.4 Å². The molecular formula is C21H28N2O6S2. The van der Waals surface area contributed by atoms with Gasteiger partial charge in [0.25, 0.3) is 0 Å². The highest BCUT2D eigenvalue weighted by Gasteiger charge is 2.32. The highest BCUT2D eigenvalue weighted by Crippen LogP contribution is 2.27. The molecule has 1 aromatic rings. The van der Waals surface area contributed by atoms with Gasteiger partial charge in [0.15, 0.2) is 9.84 Å². The topological polar surface area (TPSA) is 102 Å². The molecule has 1 saturated heterocycles. The van der Waals surface area contributed by atoms with Gasteiger partial charge in [-0.15, -0.1) is 0 Å². The molecular weight excluding hydrogens is 440 g/mol. The number of amides is 1. The second-order valence-electron chi connectivity index (χ2n) is 8.63. The Bertz CT molecular complexity index is 1010. The van der Waals surface area contributed by atoms with Crippen molar-refractivity contribution in [1.29, 1.82) is 0 Å². The van der Waals surface area contributed by atoms with Gasteiger partial charge < -0.3 is 14.4 Å². The summed E-state index contributed by atoms with van der Waals surface area (Å²) in [6, 6.07) is 6.14. The molecule has 0 saturated carbocycles. The Labute approximate surface area is 185 Å². The third-order valence-electron chi connectivity index (χ3n) is 4.84. The van der Waals surface area contributed by atoms with E-state index in [4.69, 9.17) is 9.47 Å². The van der Waals surface area contributed by atoms with Crippen molar-refractivity contribution in [3.8, 4) is 5.75 Å². The van der Waals surface area contributed by atoms with Crippen molar-refractivity contribution in [3.63, 3.8) is 0 Å². The molecule has 2 heterocycles. The molecule has 170 valence electrons. The first-order chi connectivity index (χ1) is 14.4. The molecule has 0 radical (unpaired) electrons. The lowest BCUT2D eigenvalue weighted by molar-refractivity contribution is 0.0202. The molecule has 0 spiro atoms. The largest absolute Gasteiger partial charge is 0.487 e. The minimum atomic E-state index is -3.26. The molecule has 2 aliphatic rings. The number of aliphatic imine (C=N–C) groups is 1. The Morgan fingerprint density at radius 1 is 1.19 bits per heavy atom. The van der Waals surface area contributed by atoms with E-state index in [-0.39, 0.29) is 23.5 Å². The van der Waals surface area contributed by atoms with Gasteiger partial charge in [-0.05, 0) is 57.9 Å². The lowest BCUT2D eigenvalue weighted by Crippen LogP contribution is -2.43. The fourth-order valence-electron chi connectivity index (χ4n) is 3.29. The Morgan fingerprint density at radius 3 is 2.35 bits per heavy atom. The molecule has 0 N–H and O–H groups in total. The van der Waals surface area contributed by atoms with Gasteiger partial charge in [-0.3, -0.25) is 0 Å². The van der Waals surface area contributed by atoms with Crippen LogP contribution in [0.3, 0.4) is 0 Å². The fraction of sp³-hybridized carbons (Fsp3) is 0.524. The molecule has 0 aliphatic carbocycles. The Hall–Kier alpha value is -2.20. The van der Waals surface area contributed by atoms with E-state index < -0.39 is 26.2 Å². The number of ether oxygens (including phenoxy) is 2. The van der Waals surface area contributed by atoms with Crippen LogP contribution in [-0.2, 0) is 25.4 Å². The molecule has 1 aromatic carbocycles. The van der Waals surface area contributed by atoms with Crippen molar-refractivity contribution < 1.29 is 26.9 Å². The first-order valence-electron chi connectivity index (χ1n) is 10.0. The van der Waals surface area contributed by atoms with Gasteiger partial charge in [-0.2, -0.15) is 0 Å². The van der Waals surface area contributed by atoms with Gasteiger partial charge in [0.2, 0.25) is 0 Å². The zero-order valence-corrected chi connectivity index (χ0v) is 19.8. The summed E-state index contributed by atoms with van der Waals surface area (Å²) < 4.78 is 46.6. The van der Waals surface area contributed by atoms with Gasteiger partial charge in [-0.25, -0.2) is 22.4 Å². The minimum Gasteiger partial charge on any atom is -0.487 e.